The van der Waals surface area contributed by atoms with Crippen LogP contribution < -0.4 is 0 Å². The van der Waals surface area contributed by atoms with E-state index in [4.69, 9.17) is 4.74 Å². The number of benzene rings is 1. The normalized spacial score (nSPS) is 18.4. The zero-order valence-electron chi connectivity index (χ0n) is 20.7. The summed E-state index contributed by atoms with van der Waals surface area (Å²) in [6, 6.07) is 13.4. The van der Waals surface area contributed by atoms with Crippen molar-refractivity contribution >= 4 is 46.0 Å². The Balaban J connectivity index is 1.16. The minimum absolute atomic E-state index is 0.109. The Bertz CT molecular complexity index is 1290. The van der Waals surface area contributed by atoms with Gasteiger partial charge in [-0.15, -0.1) is 27.8 Å². The Hall–Kier alpha value is -2.92. The molecule has 194 valence electrons. The van der Waals surface area contributed by atoms with E-state index in [1.807, 2.05) is 45.8 Å². The number of carboxylic acid groups (broad SMARTS) is 1. The van der Waals surface area contributed by atoms with Gasteiger partial charge in [0.15, 0.2) is 0 Å². The van der Waals surface area contributed by atoms with Crippen molar-refractivity contribution < 1.29 is 19.4 Å². The largest absolute Gasteiger partial charge is 0.479 e. The number of carbonyl (C=O) groups excluding carboxylic acids is 1. The van der Waals surface area contributed by atoms with Crippen LogP contribution in [0.2, 0.25) is 0 Å². The molecule has 5 rings (SSSR count). The fraction of sp³-hybridized carbons (Fsp3) is 0.407. The number of hydrogen-bond donors (Lipinski definition) is 1. The maximum absolute atomic E-state index is 12.6. The van der Waals surface area contributed by atoms with Gasteiger partial charge in [-0.25, -0.2) is 9.48 Å². The molecule has 0 aliphatic heterocycles. The van der Waals surface area contributed by atoms with Gasteiger partial charge in [-0.2, -0.15) is 0 Å². The Labute approximate surface area is 223 Å². The fourth-order valence-corrected chi connectivity index (χ4v) is 7.00. The van der Waals surface area contributed by atoms with Crippen LogP contribution in [-0.2, 0) is 21.7 Å². The topological polar surface area (TPSA) is 97.5 Å². The standard InChI is InChI=1S/C27H30N4O4S2/c1-30(13-4-14-31-23-12-7-19(18-32)17-22(23)28-29-31)20-8-10-21(11-9-20)35-27(26(33)34,24-5-2-15-36-24)25-6-3-16-37-25/h2-3,5-7,12,15-18,20-21H,4,8-11,13-14H2,1H3,(H,33,34)/t20-,21-. The predicted octanol–water partition coefficient (Wildman–Crippen LogP) is 5.04. The van der Waals surface area contributed by atoms with E-state index < -0.39 is 11.6 Å². The molecule has 0 bridgehead atoms. The first-order valence-corrected chi connectivity index (χ1v) is 14.2. The third kappa shape index (κ3) is 5.24. The van der Waals surface area contributed by atoms with Crippen molar-refractivity contribution in [2.24, 2.45) is 0 Å². The number of fused-ring (bicyclic) bond motifs is 1. The van der Waals surface area contributed by atoms with E-state index in [1.54, 1.807) is 12.1 Å². The van der Waals surface area contributed by atoms with E-state index in [0.29, 0.717) is 21.4 Å². The molecule has 1 saturated carbocycles. The molecule has 1 aromatic carbocycles. The van der Waals surface area contributed by atoms with Crippen LogP contribution in [0.25, 0.3) is 11.0 Å². The third-order valence-corrected chi connectivity index (χ3v) is 9.14. The van der Waals surface area contributed by atoms with Gasteiger partial charge in [0, 0.05) is 18.2 Å². The van der Waals surface area contributed by atoms with Gasteiger partial charge in [0.25, 0.3) is 0 Å². The molecule has 0 atom stereocenters. The zero-order valence-corrected chi connectivity index (χ0v) is 22.3. The number of aryl methyl sites for hydroxylation is 1. The Kier molecular flexibility index (Phi) is 7.80. The van der Waals surface area contributed by atoms with Crippen LogP contribution in [0, 0.1) is 0 Å². The molecular weight excluding hydrogens is 508 g/mol. The lowest BCUT2D eigenvalue weighted by Gasteiger charge is -2.38. The molecule has 10 heteroatoms. The van der Waals surface area contributed by atoms with Crippen LogP contribution >= 0.6 is 22.7 Å². The summed E-state index contributed by atoms with van der Waals surface area (Å²) >= 11 is 2.85. The van der Waals surface area contributed by atoms with Crippen LogP contribution in [0.4, 0.5) is 0 Å². The van der Waals surface area contributed by atoms with Crippen molar-refractivity contribution in [3.8, 4) is 0 Å². The van der Waals surface area contributed by atoms with Crippen LogP contribution in [0.15, 0.2) is 53.2 Å². The minimum Gasteiger partial charge on any atom is -0.479 e. The maximum atomic E-state index is 12.6. The number of aliphatic carboxylic acids is 1. The summed E-state index contributed by atoms with van der Waals surface area (Å²) in [5, 5.41) is 22.6. The van der Waals surface area contributed by atoms with Crippen molar-refractivity contribution in [2.45, 2.75) is 56.4 Å². The van der Waals surface area contributed by atoms with Crippen LogP contribution in [0.3, 0.4) is 0 Å². The summed E-state index contributed by atoms with van der Waals surface area (Å²) in [4.78, 5) is 27.5. The lowest BCUT2D eigenvalue weighted by molar-refractivity contribution is -0.170. The Morgan fingerprint density at radius 1 is 1.16 bits per heavy atom. The molecule has 0 unspecified atom stereocenters. The summed E-state index contributed by atoms with van der Waals surface area (Å²) in [6.45, 7) is 1.68. The average Bonchev–Trinajstić information content (AvgIpc) is 3.70. The van der Waals surface area contributed by atoms with Crippen molar-refractivity contribution in [3.05, 3.63) is 68.5 Å². The lowest BCUT2D eigenvalue weighted by Crippen LogP contribution is -2.44. The molecule has 37 heavy (non-hydrogen) atoms. The molecule has 3 heterocycles. The number of aldehydes is 1. The lowest BCUT2D eigenvalue weighted by atomic mass is 9.90. The summed E-state index contributed by atoms with van der Waals surface area (Å²) in [7, 11) is 2.15. The van der Waals surface area contributed by atoms with Crippen molar-refractivity contribution in [1.82, 2.24) is 19.9 Å². The third-order valence-electron chi connectivity index (χ3n) is 7.20. The monoisotopic (exact) mass is 538 g/mol. The number of carbonyl (C=O) groups is 2. The van der Waals surface area contributed by atoms with Gasteiger partial charge in [0.2, 0.25) is 5.60 Å². The number of carboxylic acids is 1. The smallest absolute Gasteiger partial charge is 0.347 e. The molecule has 0 saturated heterocycles. The molecule has 1 aliphatic rings. The quantitative estimate of drug-likeness (QED) is 0.267. The van der Waals surface area contributed by atoms with Gasteiger partial charge in [0.1, 0.15) is 11.8 Å². The van der Waals surface area contributed by atoms with Crippen molar-refractivity contribution in [2.75, 3.05) is 13.6 Å². The number of rotatable bonds is 11. The number of ether oxygens (including phenoxy) is 1. The van der Waals surface area contributed by atoms with Crippen molar-refractivity contribution in [3.63, 3.8) is 0 Å². The molecular formula is C27H30N4O4S2. The van der Waals surface area contributed by atoms with Gasteiger partial charge in [-0.05, 0) is 86.8 Å². The van der Waals surface area contributed by atoms with E-state index in [-0.39, 0.29) is 6.10 Å². The van der Waals surface area contributed by atoms with Gasteiger partial charge in [0.05, 0.1) is 21.4 Å². The molecule has 0 spiro atoms. The van der Waals surface area contributed by atoms with Gasteiger partial charge < -0.3 is 14.7 Å². The van der Waals surface area contributed by atoms with E-state index in [2.05, 4.69) is 22.3 Å². The highest BCUT2D eigenvalue weighted by Crippen LogP contribution is 2.42. The van der Waals surface area contributed by atoms with E-state index in [1.165, 1.54) is 22.7 Å². The van der Waals surface area contributed by atoms with Crippen molar-refractivity contribution in [1.29, 1.82) is 0 Å². The SMILES string of the molecule is CN(CCCn1nnc2cc(C=O)ccc21)[C@H]1CC[C@H](OC(C(=O)O)(c2cccs2)c2cccs2)CC1. The van der Waals surface area contributed by atoms with Gasteiger partial charge in [-0.1, -0.05) is 17.3 Å². The second-order valence-corrected chi connectivity index (χ2v) is 11.4. The average molecular weight is 539 g/mol. The molecule has 1 N–H and O–H groups in total. The highest BCUT2D eigenvalue weighted by atomic mass is 32.1. The fourth-order valence-electron chi connectivity index (χ4n) is 5.19. The van der Waals surface area contributed by atoms with Crippen LogP contribution in [0.1, 0.15) is 52.2 Å². The van der Waals surface area contributed by atoms with E-state index >= 15 is 0 Å². The molecule has 3 aromatic heterocycles. The number of aromatic nitrogens is 3. The summed E-state index contributed by atoms with van der Waals surface area (Å²) in [6.07, 6.45) is 5.22. The molecule has 1 aliphatic carbocycles. The molecule has 8 nitrogen and oxygen atoms in total. The van der Waals surface area contributed by atoms with Crippen LogP contribution in [0.5, 0.6) is 0 Å². The van der Waals surface area contributed by atoms with Gasteiger partial charge >= 0.3 is 5.97 Å². The summed E-state index contributed by atoms with van der Waals surface area (Å²) < 4.78 is 8.40. The van der Waals surface area contributed by atoms with E-state index in [9.17, 15) is 14.7 Å². The second-order valence-electron chi connectivity index (χ2n) is 9.50. The number of nitrogens with zero attached hydrogens (tertiary/aromatic N) is 4. The summed E-state index contributed by atoms with van der Waals surface area (Å²) in [5.41, 5.74) is 0.826. The molecule has 4 aromatic rings. The first-order chi connectivity index (χ1) is 18.0. The first kappa shape index (κ1) is 25.7. The van der Waals surface area contributed by atoms with E-state index in [0.717, 1.165) is 62.5 Å². The highest BCUT2D eigenvalue weighted by molar-refractivity contribution is 7.12. The zero-order chi connectivity index (χ0) is 25.8. The number of hydrogen-bond acceptors (Lipinski definition) is 8. The van der Waals surface area contributed by atoms with Gasteiger partial charge in [-0.3, -0.25) is 4.79 Å². The van der Waals surface area contributed by atoms with Crippen LogP contribution in [-0.4, -0.2) is 63.0 Å². The predicted molar refractivity (Wildman–Crippen MR) is 144 cm³/mol. The maximum Gasteiger partial charge on any atom is 0.347 e. The molecule has 0 amide bonds. The Morgan fingerprint density at radius 3 is 2.46 bits per heavy atom. The highest BCUT2D eigenvalue weighted by Gasteiger charge is 2.48. The summed E-state index contributed by atoms with van der Waals surface area (Å²) in [5.74, 6) is -0.959. The minimum atomic E-state index is -1.45. The second kappa shape index (κ2) is 11.2. The molecule has 1 fully saturated rings. The number of thiophene rings is 2. The first-order valence-electron chi connectivity index (χ1n) is 12.5. The molecule has 0 radical (unpaired) electrons. The Morgan fingerprint density at radius 2 is 1.86 bits per heavy atom.